The largest absolute Gasteiger partial charge is 0.497 e. The van der Waals surface area contributed by atoms with Crippen molar-refractivity contribution in [2.45, 2.75) is 25.4 Å². The summed E-state index contributed by atoms with van der Waals surface area (Å²) in [5, 5.41) is 6.46. The van der Waals surface area contributed by atoms with Crippen molar-refractivity contribution in [1.82, 2.24) is 14.8 Å². The van der Waals surface area contributed by atoms with Gasteiger partial charge in [0.15, 0.2) is 11.5 Å². The molecule has 0 atom stereocenters. The summed E-state index contributed by atoms with van der Waals surface area (Å²) in [4.78, 5) is 6.81. The average Bonchev–Trinajstić information content (AvgIpc) is 3.03. The summed E-state index contributed by atoms with van der Waals surface area (Å²) >= 11 is 6.50. The molecule has 3 aromatic rings. The Morgan fingerprint density at radius 1 is 1.19 bits per heavy atom. The number of aromatic nitrogens is 3. The van der Waals surface area contributed by atoms with E-state index >= 15 is 0 Å². The van der Waals surface area contributed by atoms with Crippen molar-refractivity contribution in [2.75, 3.05) is 25.1 Å². The van der Waals surface area contributed by atoms with E-state index < -0.39 is 0 Å². The maximum absolute atomic E-state index is 6.50. The number of piperidine rings is 1. The van der Waals surface area contributed by atoms with Gasteiger partial charge in [-0.1, -0.05) is 23.7 Å². The molecule has 0 spiro atoms. The molecule has 1 aliphatic rings. The molecule has 0 bridgehead atoms. The molecule has 0 radical (unpaired) electrons. The summed E-state index contributed by atoms with van der Waals surface area (Å²) in [5.74, 6) is 1.74. The number of pyridine rings is 1. The quantitative estimate of drug-likeness (QED) is 0.763. The Hall–Kier alpha value is -2.31. The third-order valence-electron chi connectivity index (χ3n) is 4.89. The zero-order valence-electron chi connectivity index (χ0n) is 14.7. The lowest BCUT2D eigenvalue weighted by Gasteiger charge is -2.30. The molecule has 0 saturated carbocycles. The van der Waals surface area contributed by atoms with Gasteiger partial charge in [-0.15, -0.1) is 0 Å². The summed E-state index contributed by atoms with van der Waals surface area (Å²) in [6, 6.07) is 10.1. The number of anilines is 1. The molecule has 7 heteroatoms. The van der Waals surface area contributed by atoms with Gasteiger partial charge in [0, 0.05) is 25.3 Å². The van der Waals surface area contributed by atoms with Crippen LogP contribution in [0, 0.1) is 0 Å². The number of nitrogens with zero attached hydrogens (tertiary/aromatic N) is 4. The molecule has 6 nitrogen and oxygen atoms in total. The van der Waals surface area contributed by atoms with Crippen LogP contribution in [0.2, 0.25) is 5.02 Å². The first-order valence-corrected chi connectivity index (χ1v) is 9.18. The molecule has 1 saturated heterocycles. The predicted molar refractivity (Wildman–Crippen MR) is 104 cm³/mol. The molecule has 4 rings (SSSR count). The van der Waals surface area contributed by atoms with Crippen molar-refractivity contribution in [1.29, 1.82) is 0 Å². The minimum Gasteiger partial charge on any atom is -0.497 e. The highest BCUT2D eigenvalue weighted by Crippen LogP contribution is 2.33. The highest BCUT2D eigenvalue weighted by molar-refractivity contribution is 6.36. The zero-order chi connectivity index (χ0) is 18.1. The van der Waals surface area contributed by atoms with Gasteiger partial charge >= 0.3 is 0 Å². The summed E-state index contributed by atoms with van der Waals surface area (Å²) in [6.45, 7) is 2.41. The van der Waals surface area contributed by atoms with Crippen LogP contribution in [0.25, 0.3) is 11.0 Å². The number of hydrogen-bond donors (Lipinski definition) is 1. The van der Waals surface area contributed by atoms with Gasteiger partial charge in [-0.3, -0.25) is 0 Å². The number of methoxy groups -OCH3 is 1. The molecule has 2 N–H and O–H groups in total. The smallest absolute Gasteiger partial charge is 0.161 e. The fraction of sp³-hybridized carbons (Fsp3) is 0.368. The number of benzene rings is 1. The lowest BCUT2D eigenvalue weighted by atomic mass is 10.1. The van der Waals surface area contributed by atoms with E-state index in [2.05, 4.69) is 9.88 Å². The minimum atomic E-state index is 0.271. The van der Waals surface area contributed by atoms with Crippen LogP contribution in [-0.2, 0) is 6.54 Å². The molecular formula is C19H22ClN5O. The van der Waals surface area contributed by atoms with Crippen molar-refractivity contribution < 1.29 is 4.74 Å². The third kappa shape index (κ3) is 3.22. The van der Waals surface area contributed by atoms with Gasteiger partial charge in [0.2, 0.25) is 0 Å². The van der Waals surface area contributed by atoms with Crippen LogP contribution in [0.4, 0.5) is 5.82 Å². The number of ether oxygens (including phenoxy) is 1. The molecule has 1 aliphatic heterocycles. The van der Waals surface area contributed by atoms with Crippen molar-refractivity contribution in [2.24, 2.45) is 5.73 Å². The zero-order valence-corrected chi connectivity index (χ0v) is 15.5. The molecule has 26 heavy (non-hydrogen) atoms. The Bertz CT molecular complexity index is 900. The van der Waals surface area contributed by atoms with E-state index in [1.807, 2.05) is 35.0 Å². The number of hydrogen-bond acceptors (Lipinski definition) is 5. The van der Waals surface area contributed by atoms with Crippen LogP contribution in [0.15, 0.2) is 36.5 Å². The first-order chi connectivity index (χ1) is 12.7. The van der Waals surface area contributed by atoms with E-state index in [4.69, 9.17) is 27.2 Å². The second-order valence-corrected chi connectivity index (χ2v) is 7.05. The molecule has 0 amide bonds. The average molecular weight is 372 g/mol. The maximum atomic E-state index is 6.50. The standard InChI is InChI=1S/C19H22ClN5O/c1-26-15-4-2-13(3-5-15)12-25-18-17(16(20)6-9-22-18)19(23-25)24-10-7-14(21)8-11-24/h2-6,9,14H,7-8,10-12,21H2,1H3. The van der Waals surface area contributed by atoms with E-state index in [-0.39, 0.29) is 6.04 Å². The number of halogens is 1. The van der Waals surface area contributed by atoms with E-state index in [0.717, 1.165) is 54.1 Å². The fourth-order valence-corrected chi connectivity index (χ4v) is 3.61. The highest BCUT2D eigenvalue weighted by Gasteiger charge is 2.23. The molecule has 1 fully saturated rings. The first kappa shape index (κ1) is 17.1. The topological polar surface area (TPSA) is 69.2 Å². The predicted octanol–water partition coefficient (Wildman–Crippen LogP) is 3.07. The Morgan fingerprint density at radius 3 is 2.62 bits per heavy atom. The van der Waals surface area contributed by atoms with Crippen LogP contribution in [-0.4, -0.2) is 41.0 Å². The number of fused-ring (bicyclic) bond motifs is 1. The first-order valence-electron chi connectivity index (χ1n) is 8.80. The monoisotopic (exact) mass is 371 g/mol. The molecule has 2 aromatic heterocycles. The van der Waals surface area contributed by atoms with Gasteiger partial charge in [-0.2, -0.15) is 5.10 Å². The van der Waals surface area contributed by atoms with Gasteiger partial charge in [0.1, 0.15) is 5.75 Å². The normalized spacial score (nSPS) is 15.6. The van der Waals surface area contributed by atoms with Gasteiger partial charge in [-0.25, -0.2) is 9.67 Å². The van der Waals surface area contributed by atoms with Crippen LogP contribution in [0.3, 0.4) is 0 Å². The summed E-state index contributed by atoms with van der Waals surface area (Å²) in [5.41, 5.74) is 7.98. The van der Waals surface area contributed by atoms with Crippen molar-refractivity contribution in [3.8, 4) is 5.75 Å². The third-order valence-corrected chi connectivity index (χ3v) is 5.21. The molecule has 0 unspecified atom stereocenters. The molecule has 0 aliphatic carbocycles. The second-order valence-electron chi connectivity index (χ2n) is 6.65. The van der Waals surface area contributed by atoms with Crippen molar-refractivity contribution in [3.63, 3.8) is 0 Å². The van der Waals surface area contributed by atoms with Crippen LogP contribution in [0.5, 0.6) is 5.75 Å². The number of rotatable bonds is 4. The Labute approximate surface area is 157 Å². The SMILES string of the molecule is COc1ccc(Cn2nc(N3CCC(N)CC3)c3c(Cl)ccnc32)cc1. The Balaban J connectivity index is 1.71. The van der Waals surface area contributed by atoms with E-state index in [1.54, 1.807) is 13.3 Å². The highest BCUT2D eigenvalue weighted by atomic mass is 35.5. The van der Waals surface area contributed by atoms with Crippen molar-refractivity contribution in [3.05, 3.63) is 47.1 Å². The van der Waals surface area contributed by atoms with Crippen LogP contribution < -0.4 is 15.4 Å². The lowest BCUT2D eigenvalue weighted by Crippen LogP contribution is -2.40. The van der Waals surface area contributed by atoms with E-state index in [1.165, 1.54) is 0 Å². The van der Waals surface area contributed by atoms with Gasteiger partial charge < -0.3 is 15.4 Å². The van der Waals surface area contributed by atoms with Crippen LogP contribution in [0.1, 0.15) is 18.4 Å². The van der Waals surface area contributed by atoms with Crippen LogP contribution >= 0.6 is 11.6 Å². The second kappa shape index (κ2) is 7.13. The van der Waals surface area contributed by atoms with Gasteiger partial charge in [0.05, 0.1) is 24.1 Å². The minimum absolute atomic E-state index is 0.271. The molecular weight excluding hydrogens is 350 g/mol. The van der Waals surface area contributed by atoms with Crippen molar-refractivity contribution >= 4 is 28.5 Å². The number of nitrogens with two attached hydrogens (primary N) is 1. The Kier molecular flexibility index (Phi) is 4.70. The molecule has 3 heterocycles. The van der Waals surface area contributed by atoms with Gasteiger partial charge in [0.25, 0.3) is 0 Å². The summed E-state index contributed by atoms with van der Waals surface area (Å²) in [7, 11) is 1.67. The maximum Gasteiger partial charge on any atom is 0.161 e. The Morgan fingerprint density at radius 2 is 1.92 bits per heavy atom. The van der Waals surface area contributed by atoms with E-state index in [0.29, 0.717) is 11.6 Å². The molecule has 136 valence electrons. The fourth-order valence-electron chi connectivity index (χ4n) is 3.39. The lowest BCUT2D eigenvalue weighted by molar-refractivity contribution is 0.414. The van der Waals surface area contributed by atoms with Gasteiger partial charge in [-0.05, 0) is 36.6 Å². The molecule has 1 aromatic carbocycles. The van der Waals surface area contributed by atoms with E-state index in [9.17, 15) is 0 Å². The summed E-state index contributed by atoms with van der Waals surface area (Å²) in [6.07, 6.45) is 3.65. The summed E-state index contributed by atoms with van der Waals surface area (Å²) < 4.78 is 7.15.